The number of imide groups is 1. The van der Waals surface area contributed by atoms with Gasteiger partial charge in [0.15, 0.2) is 0 Å². The maximum Gasteiger partial charge on any atom is 0.303 e. The highest BCUT2D eigenvalue weighted by Gasteiger charge is 1.99. The quantitative estimate of drug-likeness (QED) is 0.608. The summed E-state index contributed by atoms with van der Waals surface area (Å²) >= 11 is 0. The highest BCUT2D eigenvalue weighted by atomic mass is 16.2. The van der Waals surface area contributed by atoms with Crippen molar-refractivity contribution in [3.8, 4) is 24.2 Å². The molecule has 0 aliphatic rings. The van der Waals surface area contributed by atoms with E-state index < -0.39 is 11.8 Å². The Kier molecular flexibility index (Phi) is 3.70. The number of carbonyl (C=O) groups is 2. The fourth-order valence-electron chi connectivity index (χ4n) is 0.821. The van der Waals surface area contributed by atoms with Gasteiger partial charge in [-0.3, -0.25) is 14.9 Å². The van der Waals surface area contributed by atoms with Crippen LogP contribution < -0.4 is 5.32 Å². The second-order valence-electron chi connectivity index (χ2n) is 2.54. The molecule has 72 valence electrons. The number of hydrogen-bond donors (Lipinski definition) is 1. The number of carbonyl (C=O) groups excluding carboxylic acids is 2. The van der Waals surface area contributed by atoms with Crippen LogP contribution in [0.2, 0.25) is 0 Å². The van der Waals surface area contributed by atoms with Crippen molar-refractivity contribution in [1.82, 2.24) is 5.32 Å². The van der Waals surface area contributed by atoms with Crippen LogP contribution in [0.5, 0.6) is 0 Å². The molecule has 0 aliphatic carbocycles. The van der Waals surface area contributed by atoms with Crippen molar-refractivity contribution < 1.29 is 9.59 Å². The minimum absolute atomic E-state index is 0.695. The van der Waals surface area contributed by atoms with Crippen LogP contribution >= 0.6 is 0 Å². The summed E-state index contributed by atoms with van der Waals surface area (Å²) < 4.78 is 0. The molecule has 0 fully saturated rings. The van der Waals surface area contributed by atoms with Gasteiger partial charge in [-0.15, -0.1) is 6.42 Å². The molecule has 0 unspecified atom stereocenters. The van der Waals surface area contributed by atoms with Crippen molar-refractivity contribution in [2.24, 2.45) is 0 Å². The summed E-state index contributed by atoms with van der Waals surface area (Å²) in [7, 11) is 0. The van der Waals surface area contributed by atoms with Crippen LogP contribution in [0.3, 0.4) is 0 Å². The Balaban J connectivity index is 2.64. The molecule has 3 heteroatoms. The van der Waals surface area contributed by atoms with Crippen molar-refractivity contribution in [1.29, 1.82) is 0 Å². The normalized spacial score (nSPS) is 7.93. The average Bonchev–Trinajstić information content (AvgIpc) is 2.27. The van der Waals surface area contributed by atoms with Crippen molar-refractivity contribution in [2.45, 2.75) is 0 Å². The topological polar surface area (TPSA) is 46.2 Å². The van der Waals surface area contributed by atoms with E-state index in [2.05, 4.69) is 11.8 Å². The zero-order valence-corrected chi connectivity index (χ0v) is 7.78. The fourth-order valence-corrected chi connectivity index (χ4v) is 0.821. The first-order chi connectivity index (χ1) is 7.22. The van der Waals surface area contributed by atoms with Crippen LogP contribution in [0.4, 0.5) is 0 Å². The molecule has 0 atom stereocenters. The van der Waals surface area contributed by atoms with Gasteiger partial charge in [-0.05, 0) is 18.1 Å². The summed E-state index contributed by atoms with van der Waals surface area (Å²) in [5.74, 6) is 5.10. The van der Waals surface area contributed by atoms with Gasteiger partial charge < -0.3 is 0 Å². The molecule has 15 heavy (non-hydrogen) atoms. The van der Waals surface area contributed by atoms with Crippen molar-refractivity contribution in [2.75, 3.05) is 0 Å². The van der Waals surface area contributed by atoms with Crippen molar-refractivity contribution in [3.05, 3.63) is 35.9 Å². The minimum atomic E-state index is -0.789. The van der Waals surface area contributed by atoms with E-state index in [4.69, 9.17) is 6.42 Å². The highest BCUT2D eigenvalue weighted by molar-refractivity contribution is 6.10. The molecule has 2 amide bonds. The maximum absolute atomic E-state index is 11.0. The fraction of sp³-hybridized carbons (Fsp3) is 0. The largest absolute Gasteiger partial charge is 0.303 e. The first-order valence-electron chi connectivity index (χ1n) is 4.11. The summed E-state index contributed by atoms with van der Waals surface area (Å²) in [6.07, 6.45) is 4.77. The van der Waals surface area contributed by atoms with Gasteiger partial charge in [-0.25, -0.2) is 0 Å². The van der Waals surface area contributed by atoms with Crippen LogP contribution in [0.15, 0.2) is 30.3 Å². The SMILES string of the molecule is C#CC(=O)NC(=O)C#Cc1ccccc1. The predicted octanol–water partition coefficient (Wildman–Crippen LogP) is 0.314. The molecule has 0 aromatic heterocycles. The van der Waals surface area contributed by atoms with Crippen LogP contribution in [-0.4, -0.2) is 11.8 Å². The molecule has 1 N–H and O–H groups in total. The molecule has 3 nitrogen and oxygen atoms in total. The monoisotopic (exact) mass is 197 g/mol. The Bertz CT molecular complexity index is 472. The zero-order chi connectivity index (χ0) is 11.1. The molecule has 1 rings (SSSR count). The van der Waals surface area contributed by atoms with Crippen LogP contribution in [0, 0.1) is 24.2 Å². The van der Waals surface area contributed by atoms with E-state index in [9.17, 15) is 9.59 Å². The third-order valence-corrected chi connectivity index (χ3v) is 1.45. The molecule has 0 saturated carbocycles. The van der Waals surface area contributed by atoms with E-state index in [-0.39, 0.29) is 0 Å². The van der Waals surface area contributed by atoms with Gasteiger partial charge in [0.25, 0.3) is 0 Å². The van der Waals surface area contributed by atoms with Gasteiger partial charge in [-0.1, -0.05) is 24.1 Å². The van der Waals surface area contributed by atoms with E-state index in [1.165, 1.54) is 0 Å². The smallest absolute Gasteiger partial charge is 0.274 e. The molecular formula is C12H7NO2. The van der Waals surface area contributed by atoms with Gasteiger partial charge in [0.05, 0.1) is 0 Å². The Morgan fingerprint density at radius 1 is 1.13 bits per heavy atom. The molecule has 0 bridgehead atoms. The number of terminal acetylenes is 1. The number of hydrogen-bond acceptors (Lipinski definition) is 2. The molecule has 0 aliphatic heterocycles. The minimum Gasteiger partial charge on any atom is -0.274 e. The molecule has 0 heterocycles. The predicted molar refractivity (Wildman–Crippen MR) is 55.3 cm³/mol. The molecule has 1 aromatic rings. The summed E-state index contributed by atoms with van der Waals surface area (Å²) in [6, 6.07) is 8.95. The lowest BCUT2D eigenvalue weighted by molar-refractivity contribution is -0.124. The van der Waals surface area contributed by atoms with Crippen LogP contribution in [-0.2, 0) is 9.59 Å². The van der Waals surface area contributed by atoms with Gasteiger partial charge in [0.2, 0.25) is 0 Å². The lowest BCUT2D eigenvalue weighted by Gasteiger charge is -1.89. The number of amides is 2. The van der Waals surface area contributed by atoms with Crippen LogP contribution in [0.1, 0.15) is 5.56 Å². The van der Waals surface area contributed by atoms with Crippen molar-refractivity contribution in [3.63, 3.8) is 0 Å². The van der Waals surface area contributed by atoms with E-state index in [0.29, 0.717) is 5.56 Å². The Morgan fingerprint density at radius 2 is 1.80 bits per heavy atom. The Morgan fingerprint density at radius 3 is 2.40 bits per heavy atom. The lowest BCUT2D eigenvalue weighted by Crippen LogP contribution is -2.27. The van der Waals surface area contributed by atoms with E-state index >= 15 is 0 Å². The van der Waals surface area contributed by atoms with E-state index in [1.54, 1.807) is 30.2 Å². The zero-order valence-electron chi connectivity index (χ0n) is 7.78. The van der Waals surface area contributed by atoms with Crippen LogP contribution in [0.25, 0.3) is 0 Å². The summed E-state index contributed by atoms with van der Waals surface area (Å²) in [4.78, 5) is 21.6. The first kappa shape index (κ1) is 10.6. The second-order valence-corrected chi connectivity index (χ2v) is 2.54. The number of rotatable bonds is 0. The standard InChI is InChI=1S/C12H7NO2/c1-2-11(14)13-12(15)9-8-10-6-4-3-5-7-10/h1,3-7H,(H,13,14,15). The first-order valence-corrected chi connectivity index (χ1v) is 4.11. The number of benzene rings is 1. The van der Waals surface area contributed by atoms with Gasteiger partial charge >= 0.3 is 11.8 Å². The Hall–Kier alpha value is -2.52. The van der Waals surface area contributed by atoms with Gasteiger partial charge in [-0.2, -0.15) is 0 Å². The van der Waals surface area contributed by atoms with E-state index in [1.807, 2.05) is 11.4 Å². The lowest BCUT2D eigenvalue weighted by atomic mass is 10.2. The molecular weight excluding hydrogens is 190 g/mol. The summed E-state index contributed by atoms with van der Waals surface area (Å²) in [6.45, 7) is 0. The third kappa shape index (κ3) is 3.80. The Labute approximate surface area is 87.5 Å². The molecule has 0 saturated heterocycles. The van der Waals surface area contributed by atoms with Gasteiger partial charge in [0, 0.05) is 11.5 Å². The molecule has 1 aromatic carbocycles. The third-order valence-electron chi connectivity index (χ3n) is 1.45. The molecule has 0 radical (unpaired) electrons. The average molecular weight is 197 g/mol. The van der Waals surface area contributed by atoms with E-state index in [0.717, 1.165) is 0 Å². The van der Waals surface area contributed by atoms with Gasteiger partial charge in [0.1, 0.15) is 0 Å². The molecule has 0 spiro atoms. The maximum atomic E-state index is 11.0. The number of nitrogens with one attached hydrogen (secondary N) is 1. The summed E-state index contributed by atoms with van der Waals surface area (Å²) in [5.41, 5.74) is 0.695. The van der Waals surface area contributed by atoms with Crippen molar-refractivity contribution >= 4 is 11.8 Å². The summed E-state index contributed by atoms with van der Waals surface area (Å²) in [5, 5.41) is 1.91. The highest BCUT2D eigenvalue weighted by Crippen LogP contribution is 1.94. The second kappa shape index (κ2) is 5.26.